The molecule has 2 N–H and O–H groups in total. The van der Waals surface area contributed by atoms with Gasteiger partial charge in [-0.3, -0.25) is 0 Å². The number of thioether (sulfide) groups is 1. The van der Waals surface area contributed by atoms with Gasteiger partial charge in [-0.1, -0.05) is 20.3 Å². The highest BCUT2D eigenvalue weighted by Gasteiger charge is 2.43. The molecule has 120 valence electrons. The lowest BCUT2D eigenvalue weighted by Gasteiger charge is -2.39. The summed E-state index contributed by atoms with van der Waals surface area (Å²) in [6, 6.07) is -0.209. The van der Waals surface area contributed by atoms with Gasteiger partial charge in [-0.05, 0) is 31.6 Å². The van der Waals surface area contributed by atoms with Crippen LogP contribution in [0.4, 0.5) is 4.79 Å². The lowest BCUT2D eigenvalue weighted by atomic mass is 9.75. The number of nitrogens with one attached hydrogen (secondary N) is 1. The van der Waals surface area contributed by atoms with Crippen molar-refractivity contribution in [2.75, 3.05) is 18.8 Å². The minimum absolute atomic E-state index is 0.209. The number of carbonyl (C=O) groups excluding carboxylic acids is 1. The van der Waals surface area contributed by atoms with Gasteiger partial charge >= 0.3 is 12.0 Å². The molecule has 1 heterocycles. The normalized spacial score (nSPS) is 33.5. The number of carboxylic acid groups (broad SMARTS) is 1. The Morgan fingerprint density at radius 2 is 2.05 bits per heavy atom. The lowest BCUT2D eigenvalue weighted by Crippen LogP contribution is -2.60. The quantitative estimate of drug-likeness (QED) is 0.840. The summed E-state index contributed by atoms with van der Waals surface area (Å²) in [4.78, 5) is 25.9. The van der Waals surface area contributed by atoms with E-state index < -0.39 is 11.5 Å². The summed E-state index contributed by atoms with van der Waals surface area (Å²) in [6.07, 6.45) is 3.95. The maximum atomic E-state index is 12.4. The molecule has 1 saturated carbocycles. The molecular formula is C15H26N2O3S. The van der Waals surface area contributed by atoms with Crippen LogP contribution in [0.2, 0.25) is 0 Å². The fourth-order valence-electron chi connectivity index (χ4n) is 3.26. The van der Waals surface area contributed by atoms with Crippen molar-refractivity contribution in [2.24, 2.45) is 5.92 Å². The van der Waals surface area contributed by atoms with E-state index in [0.717, 1.165) is 25.0 Å². The Morgan fingerprint density at radius 3 is 2.57 bits per heavy atom. The fraction of sp³-hybridized carbons (Fsp3) is 0.867. The molecule has 6 heteroatoms. The van der Waals surface area contributed by atoms with Gasteiger partial charge in [0, 0.05) is 24.1 Å². The summed E-state index contributed by atoms with van der Waals surface area (Å²) < 4.78 is 0. The summed E-state index contributed by atoms with van der Waals surface area (Å²) >= 11 is 1.86. The molecule has 1 atom stereocenters. The predicted molar refractivity (Wildman–Crippen MR) is 84.6 cm³/mol. The van der Waals surface area contributed by atoms with Crippen LogP contribution in [0.25, 0.3) is 0 Å². The van der Waals surface area contributed by atoms with Gasteiger partial charge in [0.05, 0.1) is 0 Å². The number of carbonyl (C=O) groups is 2. The highest BCUT2D eigenvalue weighted by molar-refractivity contribution is 7.99. The van der Waals surface area contributed by atoms with Crippen LogP contribution in [-0.2, 0) is 4.79 Å². The predicted octanol–water partition coefficient (Wildman–Crippen LogP) is 2.56. The number of rotatable bonds is 3. The molecule has 2 amide bonds. The Balaban J connectivity index is 1.99. The van der Waals surface area contributed by atoms with E-state index in [0.29, 0.717) is 37.1 Å². The Labute approximate surface area is 130 Å². The summed E-state index contributed by atoms with van der Waals surface area (Å²) in [7, 11) is 0. The molecule has 0 radical (unpaired) electrons. The lowest BCUT2D eigenvalue weighted by molar-refractivity contribution is -0.146. The molecule has 1 aliphatic carbocycles. The summed E-state index contributed by atoms with van der Waals surface area (Å²) in [5.74, 6) is 0.637. The number of aliphatic carboxylic acids is 1. The van der Waals surface area contributed by atoms with Crippen LogP contribution in [0, 0.1) is 5.92 Å². The van der Waals surface area contributed by atoms with E-state index in [1.54, 1.807) is 4.90 Å². The third-order valence-electron chi connectivity index (χ3n) is 4.82. The summed E-state index contributed by atoms with van der Waals surface area (Å²) in [5.41, 5.74) is -1.06. The van der Waals surface area contributed by atoms with E-state index in [-0.39, 0.29) is 6.03 Å². The smallest absolute Gasteiger partial charge is 0.329 e. The van der Waals surface area contributed by atoms with Gasteiger partial charge in [0.15, 0.2) is 0 Å². The van der Waals surface area contributed by atoms with Crippen molar-refractivity contribution in [1.29, 1.82) is 0 Å². The van der Waals surface area contributed by atoms with E-state index in [2.05, 4.69) is 19.2 Å². The van der Waals surface area contributed by atoms with Gasteiger partial charge in [-0.25, -0.2) is 9.59 Å². The molecule has 0 aromatic carbocycles. The second kappa shape index (κ2) is 6.90. The monoisotopic (exact) mass is 314 g/mol. The minimum Gasteiger partial charge on any atom is -0.480 e. The molecule has 0 aromatic rings. The molecule has 0 aromatic heterocycles. The van der Waals surface area contributed by atoms with Gasteiger partial charge in [-0.2, -0.15) is 11.8 Å². The van der Waals surface area contributed by atoms with Crippen LogP contribution in [-0.4, -0.2) is 51.6 Å². The Hall–Kier alpha value is -0.910. The zero-order valence-electron chi connectivity index (χ0n) is 12.9. The van der Waals surface area contributed by atoms with Crippen LogP contribution >= 0.6 is 11.8 Å². The van der Waals surface area contributed by atoms with E-state index in [1.165, 1.54) is 0 Å². The van der Waals surface area contributed by atoms with Gasteiger partial charge in [0.25, 0.3) is 0 Å². The first-order valence-corrected chi connectivity index (χ1v) is 8.94. The highest BCUT2D eigenvalue weighted by Crippen LogP contribution is 2.34. The number of hydrogen-bond acceptors (Lipinski definition) is 3. The van der Waals surface area contributed by atoms with E-state index in [1.807, 2.05) is 11.8 Å². The maximum Gasteiger partial charge on any atom is 0.329 e. The first-order valence-electron chi connectivity index (χ1n) is 7.89. The van der Waals surface area contributed by atoms with Crippen LogP contribution in [0.5, 0.6) is 0 Å². The molecule has 1 aliphatic heterocycles. The molecule has 2 aliphatic rings. The number of nitrogens with zero attached hydrogens (tertiary/aromatic N) is 1. The molecule has 5 nitrogen and oxygen atoms in total. The number of amides is 2. The highest BCUT2D eigenvalue weighted by atomic mass is 32.2. The molecule has 0 bridgehead atoms. The fourth-order valence-corrected chi connectivity index (χ4v) is 4.27. The van der Waals surface area contributed by atoms with Crippen molar-refractivity contribution in [3.8, 4) is 0 Å². The average molecular weight is 314 g/mol. The number of carboxylic acids is 1. The van der Waals surface area contributed by atoms with Crippen molar-refractivity contribution in [1.82, 2.24) is 10.2 Å². The molecule has 2 fully saturated rings. The van der Waals surface area contributed by atoms with Crippen LogP contribution in [0.1, 0.15) is 46.0 Å². The SMILES string of the molecule is CCC1CCC(NC(=O)N2CCSC(C)C2)(C(=O)O)CC1. The van der Waals surface area contributed by atoms with E-state index in [9.17, 15) is 14.7 Å². The first-order chi connectivity index (χ1) is 9.97. The minimum atomic E-state index is -1.06. The number of urea groups is 1. The second-order valence-corrected chi connectivity index (χ2v) is 7.84. The Morgan fingerprint density at radius 1 is 1.38 bits per heavy atom. The van der Waals surface area contributed by atoms with Gasteiger partial charge in [-0.15, -0.1) is 0 Å². The third-order valence-corrected chi connectivity index (χ3v) is 5.96. The van der Waals surface area contributed by atoms with Crippen molar-refractivity contribution in [3.05, 3.63) is 0 Å². The maximum absolute atomic E-state index is 12.4. The van der Waals surface area contributed by atoms with Crippen LogP contribution < -0.4 is 5.32 Å². The first kappa shape index (κ1) is 16.5. The van der Waals surface area contributed by atoms with Crippen molar-refractivity contribution < 1.29 is 14.7 Å². The van der Waals surface area contributed by atoms with Gasteiger partial charge < -0.3 is 15.3 Å². The van der Waals surface area contributed by atoms with Crippen molar-refractivity contribution in [2.45, 2.75) is 56.7 Å². The largest absolute Gasteiger partial charge is 0.480 e. The molecule has 2 rings (SSSR count). The zero-order valence-corrected chi connectivity index (χ0v) is 13.7. The molecule has 21 heavy (non-hydrogen) atoms. The van der Waals surface area contributed by atoms with Crippen molar-refractivity contribution >= 4 is 23.8 Å². The Kier molecular flexibility index (Phi) is 5.41. The standard InChI is InChI=1S/C15H26N2O3S/c1-3-12-4-6-15(7-5-12,13(18)19)16-14(20)17-8-9-21-11(2)10-17/h11-12H,3-10H2,1-2H3,(H,16,20)(H,18,19). The second-order valence-electron chi connectivity index (χ2n) is 6.30. The summed E-state index contributed by atoms with van der Waals surface area (Å²) in [5, 5.41) is 12.9. The van der Waals surface area contributed by atoms with Crippen LogP contribution in [0.3, 0.4) is 0 Å². The van der Waals surface area contributed by atoms with Crippen LogP contribution in [0.15, 0.2) is 0 Å². The average Bonchev–Trinajstić information content (AvgIpc) is 2.47. The van der Waals surface area contributed by atoms with Gasteiger partial charge in [0.1, 0.15) is 5.54 Å². The summed E-state index contributed by atoms with van der Waals surface area (Å²) in [6.45, 7) is 5.64. The Bertz CT molecular complexity index is 394. The van der Waals surface area contributed by atoms with Crippen molar-refractivity contribution in [3.63, 3.8) is 0 Å². The molecule has 1 unspecified atom stereocenters. The van der Waals surface area contributed by atoms with E-state index >= 15 is 0 Å². The number of hydrogen-bond donors (Lipinski definition) is 2. The van der Waals surface area contributed by atoms with E-state index in [4.69, 9.17) is 0 Å². The zero-order chi connectivity index (χ0) is 15.5. The molecule has 1 saturated heterocycles. The molecule has 0 spiro atoms. The third kappa shape index (κ3) is 3.84. The van der Waals surface area contributed by atoms with Gasteiger partial charge in [0.2, 0.25) is 0 Å². The molecular weight excluding hydrogens is 288 g/mol. The topological polar surface area (TPSA) is 69.6 Å².